The maximum atomic E-state index is 12.7. The van der Waals surface area contributed by atoms with Gasteiger partial charge in [-0.3, -0.25) is 10.1 Å². The van der Waals surface area contributed by atoms with Crippen LogP contribution in [0.5, 0.6) is 5.75 Å². The molecule has 2 heterocycles. The molecule has 2 aromatic heterocycles. The minimum absolute atomic E-state index is 0.0860. The van der Waals surface area contributed by atoms with Crippen LogP contribution in [0.4, 0.5) is 24.8 Å². The largest absolute Gasteiger partial charge is 0.573 e. The number of alkyl halides is 3. The molecule has 0 aliphatic heterocycles. The Bertz CT molecular complexity index is 1800. The normalized spacial score (nSPS) is 12.2. The number of tetrazole rings is 1. The summed E-state index contributed by atoms with van der Waals surface area (Å²) in [5.41, 5.74) is 3.59. The number of carbonyl (C=O) groups excluding carboxylic acids is 1. The molecule has 0 aliphatic carbocycles. The van der Waals surface area contributed by atoms with Gasteiger partial charge in [0.1, 0.15) is 5.75 Å². The van der Waals surface area contributed by atoms with Crippen LogP contribution in [0, 0.1) is 0 Å². The van der Waals surface area contributed by atoms with Crippen LogP contribution in [0.25, 0.3) is 11.0 Å². The van der Waals surface area contributed by atoms with Crippen molar-refractivity contribution in [3.63, 3.8) is 0 Å². The Morgan fingerprint density at radius 3 is 2.34 bits per heavy atom. The second kappa shape index (κ2) is 11.5. The predicted octanol–water partition coefficient (Wildman–Crippen LogP) is 6.48. The molecule has 5 rings (SSSR count). The fourth-order valence-corrected chi connectivity index (χ4v) is 4.89. The molecular formula is C25H18BrCl2F3N8O2. The van der Waals surface area contributed by atoms with Crippen molar-refractivity contribution in [2.45, 2.75) is 26.4 Å². The van der Waals surface area contributed by atoms with E-state index in [0.29, 0.717) is 40.0 Å². The molecule has 0 unspecified atom stereocenters. The van der Waals surface area contributed by atoms with Gasteiger partial charge in [0.15, 0.2) is 0 Å². The van der Waals surface area contributed by atoms with Gasteiger partial charge in [-0.1, -0.05) is 40.4 Å². The lowest BCUT2D eigenvalue weighted by molar-refractivity contribution is -0.274. The lowest BCUT2D eigenvalue weighted by Gasteiger charge is -2.11. The standard InChI is InChI=1S/C25H18BrCl2F3N8O2/c1-2-38-19-10-17(27)18(28)11-20(19)39(24(38)32-15-7-8-21(16(26)9-15)41-25(29,30)31)12-13-3-5-14(6-4-13)22(40)33-23-34-36-37-35-23/h3-11H,2,12H2,1H3,(H2,33,34,35,36,37,40)/b32-24+. The van der Waals surface area contributed by atoms with Crippen LogP contribution in [0.2, 0.25) is 10.0 Å². The molecule has 5 aromatic rings. The van der Waals surface area contributed by atoms with E-state index in [9.17, 15) is 18.0 Å². The van der Waals surface area contributed by atoms with Crippen LogP contribution in [-0.4, -0.2) is 42.0 Å². The number of ether oxygens (including phenoxy) is 1. The molecule has 0 radical (unpaired) electrons. The highest BCUT2D eigenvalue weighted by Crippen LogP contribution is 2.33. The van der Waals surface area contributed by atoms with E-state index in [1.54, 1.807) is 36.4 Å². The van der Waals surface area contributed by atoms with E-state index in [2.05, 4.69) is 46.6 Å². The third-order valence-electron chi connectivity index (χ3n) is 5.90. The molecule has 3 aromatic carbocycles. The molecule has 16 heteroatoms. The van der Waals surface area contributed by atoms with Crippen molar-refractivity contribution in [3.8, 4) is 5.75 Å². The number of hydrogen-bond donors (Lipinski definition) is 2. The third-order valence-corrected chi connectivity index (χ3v) is 7.24. The van der Waals surface area contributed by atoms with E-state index in [0.717, 1.165) is 16.6 Å². The van der Waals surface area contributed by atoms with Gasteiger partial charge in [0, 0.05) is 12.1 Å². The summed E-state index contributed by atoms with van der Waals surface area (Å²) in [5, 5.41) is 16.2. The second-order valence-corrected chi connectivity index (χ2v) is 10.2. The number of aryl methyl sites for hydroxylation is 1. The average molecular weight is 670 g/mol. The number of anilines is 1. The number of nitrogens with zero attached hydrogens (tertiary/aromatic N) is 6. The molecule has 2 N–H and O–H groups in total. The zero-order valence-electron chi connectivity index (χ0n) is 20.9. The quantitative estimate of drug-likeness (QED) is 0.206. The van der Waals surface area contributed by atoms with E-state index >= 15 is 0 Å². The molecule has 212 valence electrons. The van der Waals surface area contributed by atoms with Crippen LogP contribution in [0.1, 0.15) is 22.8 Å². The first kappa shape index (κ1) is 28.6. The van der Waals surface area contributed by atoms with Crippen molar-refractivity contribution in [1.82, 2.24) is 29.8 Å². The molecule has 0 bridgehead atoms. The molecule has 10 nitrogen and oxygen atoms in total. The number of carbonyl (C=O) groups is 1. The van der Waals surface area contributed by atoms with Gasteiger partial charge in [-0.2, -0.15) is 0 Å². The monoisotopic (exact) mass is 668 g/mol. The van der Waals surface area contributed by atoms with Crippen molar-refractivity contribution in [2.24, 2.45) is 4.99 Å². The number of halogens is 6. The number of aromatic nitrogens is 6. The molecule has 0 saturated heterocycles. The Balaban J connectivity index is 1.56. The Morgan fingerprint density at radius 2 is 1.76 bits per heavy atom. The lowest BCUT2D eigenvalue weighted by atomic mass is 10.1. The summed E-state index contributed by atoms with van der Waals surface area (Å²) in [6.07, 6.45) is -4.83. The van der Waals surface area contributed by atoms with Crippen LogP contribution >= 0.6 is 39.1 Å². The second-order valence-electron chi connectivity index (χ2n) is 8.56. The maximum Gasteiger partial charge on any atom is 0.573 e. The van der Waals surface area contributed by atoms with Crippen LogP contribution in [0.3, 0.4) is 0 Å². The van der Waals surface area contributed by atoms with Crippen molar-refractivity contribution in [2.75, 3.05) is 5.32 Å². The highest BCUT2D eigenvalue weighted by atomic mass is 79.9. The van der Waals surface area contributed by atoms with Gasteiger partial charge in [0.05, 0.1) is 37.8 Å². The van der Waals surface area contributed by atoms with Gasteiger partial charge in [-0.05, 0) is 81.3 Å². The third kappa shape index (κ3) is 6.39. The molecule has 0 saturated carbocycles. The van der Waals surface area contributed by atoms with Crippen molar-refractivity contribution in [1.29, 1.82) is 0 Å². The van der Waals surface area contributed by atoms with Gasteiger partial charge in [-0.15, -0.1) is 13.2 Å². The van der Waals surface area contributed by atoms with E-state index < -0.39 is 12.3 Å². The van der Waals surface area contributed by atoms with Gasteiger partial charge in [0.25, 0.3) is 5.91 Å². The van der Waals surface area contributed by atoms with Gasteiger partial charge < -0.3 is 13.9 Å². The van der Waals surface area contributed by atoms with Crippen LogP contribution in [0.15, 0.2) is 64.1 Å². The van der Waals surface area contributed by atoms with Gasteiger partial charge >= 0.3 is 6.36 Å². The number of rotatable bonds is 7. The minimum atomic E-state index is -4.83. The Hall–Kier alpha value is -3.88. The molecule has 0 fully saturated rings. The predicted molar refractivity (Wildman–Crippen MR) is 149 cm³/mol. The van der Waals surface area contributed by atoms with E-state index in [1.807, 2.05) is 16.1 Å². The summed E-state index contributed by atoms with van der Waals surface area (Å²) in [4.78, 5) is 17.3. The van der Waals surface area contributed by atoms with E-state index in [4.69, 9.17) is 28.2 Å². The summed E-state index contributed by atoms with van der Waals surface area (Å²) >= 11 is 15.8. The molecular weight excluding hydrogens is 652 g/mol. The van der Waals surface area contributed by atoms with Crippen molar-refractivity contribution < 1.29 is 22.7 Å². The molecule has 41 heavy (non-hydrogen) atoms. The number of aromatic amines is 1. The highest BCUT2D eigenvalue weighted by molar-refractivity contribution is 9.10. The summed E-state index contributed by atoms with van der Waals surface area (Å²) in [6.45, 7) is 2.76. The number of benzene rings is 3. The van der Waals surface area contributed by atoms with Crippen LogP contribution in [-0.2, 0) is 13.1 Å². The van der Waals surface area contributed by atoms with Crippen LogP contribution < -0.4 is 15.7 Å². The Morgan fingerprint density at radius 1 is 1.07 bits per heavy atom. The average Bonchev–Trinajstić information content (AvgIpc) is 3.52. The smallest absolute Gasteiger partial charge is 0.405 e. The Labute approximate surface area is 247 Å². The zero-order valence-corrected chi connectivity index (χ0v) is 24.0. The summed E-state index contributed by atoms with van der Waals surface area (Å²) in [6, 6.07) is 14.4. The summed E-state index contributed by atoms with van der Waals surface area (Å²) in [7, 11) is 0. The highest BCUT2D eigenvalue weighted by Gasteiger charge is 2.32. The fraction of sp³-hybridized carbons (Fsp3) is 0.160. The Kier molecular flexibility index (Phi) is 8.07. The summed E-state index contributed by atoms with van der Waals surface area (Å²) in [5.74, 6) is -0.665. The van der Waals surface area contributed by atoms with Gasteiger partial charge in [0.2, 0.25) is 11.6 Å². The molecule has 1 amide bonds. The number of hydrogen-bond acceptors (Lipinski definition) is 6. The fourth-order valence-electron chi connectivity index (χ4n) is 4.13. The number of imidazole rings is 1. The molecule has 0 spiro atoms. The first-order valence-electron chi connectivity index (χ1n) is 11.8. The SMILES string of the molecule is CCn1/c(=N\c2ccc(OC(F)(F)F)c(Br)c2)n(Cc2ccc(C(=O)Nc3nnn[nH]3)cc2)c2cc(Cl)c(Cl)cc21. The van der Waals surface area contributed by atoms with Gasteiger partial charge in [-0.25, -0.2) is 10.1 Å². The summed E-state index contributed by atoms with van der Waals surface area (Å²) < 4.78 is 46.2. The van der Waals surface area contributed by atoms with E-state index in [1.165, 1.54) is 18.2 Å². The number of fused-ring (bicyclic) bond motifs is 1. The van der Waals surface area contributed by atoms with Crippen molar-refractivity contribution in [3.05, 3.63) is 85.9 Å². The lowest BCUT2D eigenvalue weighted by Crippen LogP contribution is -2.26. The van der Waals surface area contributed by atoms with Crippen molar-refractivity contribution >= 4 is 67.7 Å². The first-order chi connectivity index (χ1) is 19.5. The maximum absolute atomic E-state index is 12.7. The minimum Gasteiger partial charge on any atom is -0.405 e. The number of H-pyrrole nitrogens is 1. The topological polar surface area (TPSA) is 115 Å². The molecule has 0 atom stereocenters. The first-order valence-corrected chi connectivity index (χ1v) is 13.4. The zero-order chi connectivity index (χ0) is 29.3. The number of nitrogens with one attached hydrogen (secondary N) is 2. The number of amides is 1. The van der Waals surface area contributed by atoms with E-state index in [-0.39, 0.29) is 16.2 Å². The molecule has 0 aliphatic rings.